The minimum absolute atomic E-state index is 0.372. The van der Waals surface area contributed by atoms with Gasteiger partial charge in [0.25, 0.3) is 0 Å². The number of hydrogen-bond acceptors (Lipinski definition) is 1. The van der Waals surface area contributed by atoms with Crippen molar-refractivity contribution in [1.82, 2.24) is 0 Å². The van der Waals surface area contributed by atoms with Crippen molar-refractivity contribution in [3.05, 3.63) is 0 Å². The minimum Gasteiger partial charge on any atom is -0.481 e. The Morgan fingerprint density at radius 3 is 1.12 bits per heavy atom. The molecule has 0 fully saturated rings. The Kier molecular flexibility index (Phi) is 26.6. The van der Waals surface area contributed by atoms with Gasteiger partial charge in [0, 0.05) is 6.42 Å². The molecule has 34 heavy (non-hydrogen) atoms. The summed E-state index contributed by atoms with van der Waals surface area (Å²) in [5.41, 5.74) is 0. The van der Waals surface area contributed by atoms with Crippen LogP contribution in [0.5, 0.6) is 0 Å². The average molecular weight is 481 g/mol. The van der Waals surface area contributed by atoms with E-state index in [1.54, 1.807) is 0 Å². The minimum atomic E-state index is -0.602. The summed E-state index contributed by atoms with van der Waals surface area (Å²) in [6.45, 7) is 6.87. The molecule has 0 saturated heterocycles. The Hall–Kier alpha value is -0.530. The lowest BCUT2D eigenvalue weighted by Crippen LogP contribution is -2.16. The molecule has 1 N–H and O–H groups in total. The van der Waals surface area contributed by atoms with Gasteiger partial charge in [0.05, 0.1) is 0 Å². The first kappa shape index (κ1) is 33.5. The lowest BCUT2D eigenvalue weighted by molar-refractivity contribution is -0.138. The van der Waals surface area contributed by atoms with Gasteiger partial charge in [0.15, 0.2) is 0 Å². The van der Waals surface area contributed by atoms with E-state index in [-0.39, 0.29) is 0 Å². The molecule has 2 unspecified atom stereocenters. The Morgan fingerprint density at radius 2 is 0.794 bits per heavy atom. The van der Waals surface area contributed by atoms with Crippen LogP contribution in [0.15, 0.2) is 0 Å². The van der Waals surface area contributed by atoms with Crippen LogP contribution in [-0.4, -0.2) is 11.1 Å². The van der Waals surface area contributed by atoms with Crippen molar-refractivity contribution >= 4 is 5.97 Å². The zero-order chi connectivity index (χ0) is 25.1. The topological polar surface area (TPSA) is 37.3 Å². The third kappa shape index (κ3) is 24.6. The Bertz CT molecular complexity index is 406. The zero-order valence-electron chi connectivity index (χ0n) is 23.9. The highest BCUT2D eigenvalue weighted by molar-refractivity contribution is 5.67. The van der Waals surface area contributed by atoms with Crippen molar-refractivity contribution in [3.63, 3.8) is 0 Å². The summed E-state index contributed by atoms with van der Waals surface area (Å²) in [5, 5.41) is 9.38. The molecule has 0 amide bonds. The molecule has 204 valence electrons. The summed E-state index contributed by atoms with van der Waals surface area (Å²) in [4.78, 5) is 11.4. The quantitative estimate of drug-likeness (QED) is 0.113. The number of unbranched alkanes of at least 4 members (excludes halogenated alkanes) is 21. The van der Waals surface area contributed by atoms with E-state index in [0.717, 1.165) is 6.42 Å². The van der Waals surface area contributed by atoms with Gasteiger partial charge < -0.3 is 5.11 Å². The van der Waals surface area contributed by atoms with Gasteiger partial charge >= 0.3 is 5.97 Å². The lowest BCUT2D eigenvalue weighted by atomic mass is 9.83. The fraction of sp³-hybridized carbons (Fsp3) is 0.969. The van der Waals surface area contributed by atoms with E-state index in [9.17, 15) is 9.90 Å². The molecule has 0 aliphatic heterocycles. The van der Waals surface area contributed by atoms with Crippen LogP contribution < -0.4 is 0 Å². The molecule has 0 aromatic rings. The molecular weight excluding hydrogens is 416 g/mol. The van der Waals surface area contributed by atoms with Crippen molar-refractivity contribution < 1.29 is 9.90 Å². The SMILES string of the molecule is CCCCCCCCCCCCCCC(C)C(CCCCCCCCCCCCC)CC(=O)O. The van der Waals surface area contributed by atoms with Crippen molar-refractivity contribution in [3.8, 4) is 0 Å². The molecule has 0 aliphatic carbocycles. The van der Waals surface area contributed by atoms with E-state index in [2.05, 4.69) is 20.8 Å². The summed E-state index contributed by atoms with van der Waals surface area (Å²) < 4.78 is 0. The second-order valence-corrected chi connectivity index (χ2v) is 11.3. The summed E-state index contributed by atoms with van der Waals surface area (Å²) in [7, 11) is 0. The van der Waals surface area contributed by atoms with Gasteiger partial charge in [0.2, 0.25) is 0 Å². The first-order valence-corrected chi connectivity index (χ1v) is 15.8. The van der Waals surface area contributed by atoms with Crippen molar-refractivity contribution in [2.24, 2.45) is 11.8 Å². The molecule has 0 aromatic carbocycles. The summed E-state index contributed by atoms with van der Waals surface area (Å²) >= 11 is 0. The Balaban J connectivity index is 3.69. The van der Waals surface area contributed by atoms with E-state index in [1.807, 2.05) is 0 Å². The molecule has 2 heteroatoms. The first-order chi connectivity index (χ1) is 16.6. The van der Waals surface area contributed by atoms with Gasteiger partial charge in [-0.05, 0) is 18.3 Å². The summed E-state index contributed by atoms with van der Waals surface area (Å²) in [6, 6.07) is 0. The number of hydrogen-bond donors (Lipinski definition) is 1. The highest BCUT2D eigenvalue weighted by Gasteiger charge is 2.19. The molecule has 0 heterocycles. The van der Waals surface area contributed by atoms with Crippen LogP contribution in [0.4, 0.5) is 0 Å². The smallest absolute Gasteiger partial charge is 0.303 e. The van der Waals surface area contributed by atoms with Crippen molar-refractivity contribution in [2.45, 2.75) is 188 Å². The van der Waals surface area contributed by atoms with Gasteiger partial charge in [-0.1, -0.05) is 175 Å². The summed E-state index contributed by atoms with van der Waals surface area (Å²) in [6.07, 6.45) is 34.4. The van der Waals surface area contributed by atoms with E-state index in [0.29, 0.717) is 18.3 Å². The molecule has 0 radical (unpaired) electrons. The van der Waals surface area contributed by atoms with Crippen LogP contribution in [0.1, 0.15) is 188 Å². The second kappa shape index (κ2) is 27.1. The zero-order valence-corrected chi connectivity index (χ0v) is 23.9. The molecule has 0 spiro atoms. The maximum Gasteiger partial charge on any atom is 0.303 e. The lowest BCUT2D eigenvalue weighted by Gasteiger charge is -2.22. The largest absolute Gasteiger partial charge is 0.481 e. The number of carbonyl (C=O) groups is 1. The van der Waals surface area contributed by atoms with E-state index < -0.39 is 5.97 Å². The van der Waals surface area contributed by atoms with Gasteiger partial charge in [-0.3, -0.25) is 4.79 Å². The molecule has 2 nitrogen and oxygen atoms in total. The van der Waals surface area contributed by atoms with Gasteiger partial charge in [-0.15, -0.1) is 0 Å². The van der Waals surface area contributed by atoms with Crippen LogP contribution in [0.2, 0.25) is 0 Å². The normalized spacial score (nSPS) is 13.3. The fourth-order valence-corrected chi connectivity index (χ4v) is 5.43. The number of rotatable bonds is 28. The highest BCUT2D eigenvalue weighted by Crippen LogP contribution is 2.27. The molecule has 2 atom stereocenters. The molecule has 0 bridgehead atoms. The number of carboxylic acid groups (broad SMARTS) is 1. The van der Waals surface area contributed by atoms with Gasteiger partial charge in [-0.25, -0.2) is 0 Å². The number of carboxylic acids is 1. The second-order valence-electron chi connectivity index (χ2n) is 11.3. The third-order valence-corrected chi connectivity index (χ3v) is 7.93. The van der Waals surface area contributed by atoms with Crippen LogP contribution in [0, 0.1) is 11.8 Å². The van der Waals surface area contributed by atoms with Crippen LogP contribution >= 0.6 is 0 Å². The van der Waals surface area contributed by atoms with E-state index in [4.69, 9.17) is 0 Å². The molecule has 0 aliphatic rings. The molecule has 0 aromatic heterocycles. The van der Waals surface area contributed by atoms with Crippen LogP contribution in [0.25, 0.3) is 0 Å². The van der Waals surface area contributed by atoms with E-state index >= 15 is 0 Å². The highest BCUT2D eigenvalue weighted by atomic mass is 16.4. The standard InChI is InChI=1S/C32H64O2/c1-4-6-8-10-12-14-16-18-19-21-23-25-27-30(3)31(29-32(33)34)28-26-24-22-20-17-15-13-11-9-7-5-2/h30-31H,4-29H2,1-3H3,(H,33,34). The summed E-state index contributed by atoms with van der Waals surface area (Å²) in [5.74, 6) is 0.334. The van der Waals surface area contributed by atoms with Crippen LogP contribution in [0.3, 0.4) is 0 Å². The average Bonchev–Trinajstić information content (AvgIpc) is 2.82. The van der Waals surface area contributed by atoms with Crippen molar-refractivity contribution in [2.75, 3.05) is 0 Å². The van der Waals surface area contributed by atoms with Crippen LogP contribution in [-0.2, 0) is 4.79 Å². The third-order valence-electron chi connectivity index (χ3n) is 7.93. The van der Waals surface area contributed by atoms with Crippen molar-refractivity contribution in [1.29, 1.82) is 0 Å². The fourth-order valence-electron chi connectivity index (χ4n) is 5.43. The Morgan fingerprint density at radius 1 is 0.500 bits per heavy atom. The maximum atomic E-state index is 11.4. The van der Waals surface area contributed by atoms with Gasteiger partial charge in [-0.2, -0.15) is 0 Å². The first-order valence-electron chi connectivity index (χ1n) is 15.8. The number of aliphatic carboxylic acids is 1. The Labute approximate surface area is 215 Å². The predicted molar refractivity (Wildman–Crippen MR) is 152 cm³/mol. The molecule has 0 rings (SSSR count). The predicted octanol–water partition coefficient (Wildman–Crippen LogP) is 11.5. The maximum absolute atomic E-state index is 11.4. The monoisotopic (exact) mass is 480 g/mol. The van der Waals surface area contributed by atoms with Gasteiger partial charge in [0.1, 0.15) is 0 Å². The van der Waals surface area contributed by atoms with E-state index in [1.165, 1.54) is 154 Å². The molecular formula is C32H64O2. The molecule has 0 saturated carbocycles.